The van der Waals surface area contributed by atoms with Gasteiger partial charge >= 0.3 is 12.1 Å². The van der Waals surface area contributed by atoms with Crippen molar-refractivity contribution in [2.75, 3.05) is 10.6 Å². The van der Waals surface area contributed by atoms with E-state index in [2.05, 4.69) is 26.1 Å². The summed E-state index contributed by atoms with van der Waals surface area (Å²) >= 11 is 1.08. The fraction of sp³-hybridized carbons (Fsp3) is 0.360. The fourth-order valence-corrected chi connectivity index (χ4v) is 5.67. The van der Waals surface area contributed by atoms with Crippen LogP contribution in [-0.4, -0.2) is 18.0 Å². The molecule has 0 aliphatic heterocycles. The topological polar surface area (TPSA) is 58.2 Å². The maximum absolute atomic E-state index is 13.4. The molecule has 2 N–H and O–H groups in total. The predicted octanol–water partition coefficient (Wildman–Crippen LogP) is 6.81. The lowest BCUT2D eigenvalue weighted by Crippen LogP contribution is -2.30. The first-order valence-electron chi connectivity index (χ1n) is 10.8. The van der Waals surface area contributed by atoms with Gasteiger partial charge in [0, 0.05) is 16.0 Å². The number of thiophene rings is 1. The van der Waals surface area contributed by atoms with E-state index in [0.29, 0.717) is 24.4 Å². The second kappa shape index (κ2) is 8.48. The van der Waals surface area contributed by atoms with Crippen molar-refractivity contribution in [2.45, 2.75) is 46.2 Å². The second-order valence-corrected chi connectivity index (χ2v) is 10.6. The third-order valence-electron chi connectivity index (χ3n) is 6.24. The zero-order chi connectivity index (χ0) is 24.0. The van der Waals surface area contributed by atoms with E-state index in [-0.39, 0.29) is 16.0 Å². The molecule has 1 unspecified atom stereocenters. The minimum absolute atomic E-state index is 0.0302. The summed E-state index contributed by atoms with van der Waals surface area (Å²) in [6.07, 6.45) is -2.97. The third kappa shape index (κ3) is 4.76. The molecule has 1 atom stereocenters. The summed E-state index contributed by atoms with van der Waals surface area (Å²) in [6.45, 7) is 6.41. The Morgan fingerprint density at radius 1 is 1.00 bits per heavy atom. The van der Waals surface area contributed by atoms with E-state index < -0.39 is 18.0 Å². The second-order valence-electron chi connectivity index (χ2n) is 9.45. The minimum atomic E-state index is -5.04. The molecule has 0 saturated carbocycles. The quantitative estimate of drug-likeness (QED) is 0.438. The Bertz CT molecular complexity index is 1220. The van der Waals surface area contributed by atoms with Crippen LogP contribution in [0.1, 0.15) is 48.0 Å². The molecule has 2 amide bonds. The van der Waals surface area contributed by atoms with Crippen LogP contribution < -0.4 is 10.6 Å². The van der Waals surface area contributed by atoms with Gasteiger partial charge in [-0.3, -0.25) is 9.59 Å². The molecule has 2 aromatic carbocycles. The third-order valence-corrected chi connectivity index (χ3v) is 7.41. The highest BCUT2D eigenvalue weighted by Crippen LogP contribution is 2.45. The molecule has 1 aliphatic carbocycles. The number of carbonyl (C=O) groups excluding carboxylic acids is 2. The van der Waals surface area contributed by atoms with Crippen molar-refractivity contribution in [3.63, 3.8) is 0 Å². The van der Waals surface area contributed by atoms with E-state index in [1.807, 2.05) is 35.6 Å². The van der Waals surface area contributed by atoms with Crippen molar-refractivity contribution in [1.29, 1.82) is 0 Å². The van der Waals surface area contributed by atoms with Crippen molar-refractivity contribution in [3.05, 3.63) is 58.5 Å². The van der Waals surface area contributed by atoms with Crippen LogP contribution in [0.4, 0.5) is 23.9 Å². The van der Waals surface area contributed by atoms with E-state index in [9.17, 15) is 22.8 Å². The summed E-state index contributed by atoms with van der Waals surface area (Å²) in [5.74, 6) is -2.26. The van der Waals surface area contributed by atoms with Crippen molar-refractivity contribution < 1.29 is 22.8 Å². The van der Waals surface area contributed by atoms with E-state index in [0.717, 1.165) is 39.0 Å². The molecule has 3 aromatic rings. The minimum Gasteiger partial charge on any atom is -0.321 e. The van der Waals surface area contributed by atoms with Crippen molar-refractivity contribution in [3.8, 4) is 0 Å². The maximum Gasteiger partial charge on any atom is 0.471 e. The number of amides is 2. The summed E-state index contributed by atoms with van der Waals surface area (Å²) in [7, 11) is 0. The summed E-state index contributed by atoms with van der Waals surface area (Å²) in [5, 5.41) is 6.54. The molecule has 0 radical (unpaired) electrons. The number of benzene rings is 2. The van der Waals surface area contributed by atoms with Crippen LogP contribution in [0.15, 0.2) is 42.5 Å². The smallest absolute Gasteiger partial charge is 0.321 e. The van der Waals surface area contributed by atoms with Crippen LogP contribution in [0, 0.1) is 11.3 Å². The monoisotopic (exact) mass is 474 g/mol. The molecular weight excluding hydrogens is 449 g/mol. The molecule has 33 heavy (non-hydrogen) atoms. The van der Waals surface area contributed by atoms with Gasteiger partial charge in [0.15, 0.2) is 0 Å². The van der Waals surface area contributed by atoms with Gasteiger partial charge in [-0.25, -0.2) is 0 Å². The van der Waals surface area contributed by atoms with Gasteiger partial charge in [-0.15, -0.1) is 11.3 Å². The lowest BCUT2D eigenvalue weighted by molar-refractivity contribution is -0.167. The van der Waals surface area contributed by atoms with Gasteiger partial charge in [0.25, 0.3) is 5.91 Å². The normalized spacial score (nSPS) is 16.4. The lowest BCUT2D eigenvalue weighted by atomic mass is 9.72. The molecule has 1 heterocycles. The number of hydrogen-bond donors (Lipinski definition) is 2. The van der Waals surface area contributed by atoms with Gasteiger partial charge in [0.2, 0.25) is 0 Å². The largest absolute Gasteiger partial charge is 0.471 e. The molecule has 0 bridgehead atoms. The van der Waals surface area contributed by atoms with Crippen LogP contribution in [0.5, 0.6) is 0 Å². The predicted molar refractivity (Wildman–Crippen MR) is 126 cm³/mol. The first-order valence-corrected chi connectivity index (χ1v) is 11.6. The van der Waals surface area contributed by atoms with Crippen molar-refractivity contribution >= 4 is 44.6 Å². The Hall–Kier alpha value is -2.87. The number of carbonyl (C=O) groups is 2. The summed E-state index contributed by atoms with van der Waals surface area (Å²) < 4.78 is 38.9. The summed E-state index contributed by atoms with van der Waals surface area (Å²) in [5.41, 5.74) is 1.46. The molecule has 4 rings (SSSR count). The summed E-state index contributed by atoms with van der Waals surface area (Å²) in [4.78, 5) is 26.0. The highest BCUT2D eigenvalue weighted by molar-refractivity contribution is 7.17. The lowest BCUT2D eigenvalue weighted by Gasteiger charge is -2.33. The average Bonchev–Trinajstić information content (AvgIpc) is 3.10. The fourth-order valence-electron chi connectivity index (χ4n) is 4.35. The molecule has 1 aliphatic rings. The van der Waals surface area contributed by atoms with Crippen LogP contribution in [-0.2, 0) is 17.6 Å². The van der Waals surface area contributed by atoms with Crippen molar-refractivity contribution in [2.24, 2.45) is 11.3 Å². The standard InChI is InChI=1S/C25H25F3N2O2S/c1-24(2,3)15-11-12-17-19(13-15)33-22(30-23(32)25(26,27)28)20(17)21(31)29-18-10-6-8-14-7-4-5-9-16(14)18/h4-10,15H,11-13H2,1-3H3,(H,29,31)(H,30,32). The molecular formula is C25H25F3N2O2S. The molecule has 174 valence electrons. The Morgan fingerprint density at radius 2 is 1.70 bits per heavy atom. The van der Waals surface area contributed by atoms with Crippen LogP contribution in [0.2, 0.25) is 0 Å². The Labute approximate surface area is 194 Å². The first kappa shape index (κ1) is 23.3. The average molecular weight is 475 g/mol. The zero-order valence-corrected chi connectivity index (χ0v) is 19.4. The number of anilines is 2. The first-order chi connectivity index (χ1) is 15.4. The van der Waals surface area contributed by atoms with Gasteiger partial charge in [0.1, 0.15) is 5.00 Å². The van der Waals surface area contributed by atoms with Crippen LogP contribution in [0.3, 0.4) is 0 Å². The number of halogens is 3. The van der Waals surface area contributed by atoms with E-state index in [1.165, 1.54) is 0 Å². The van der Waals surface area contributed by atoms with Crippen LogP contribution >= 0.6 is 11.3 Å². The SMILES string of the molecule is CC(C)(C)C1CCc2c(sc(NC(=O)C(F)(F)F)c2C(=O)Nc2cccc3ccccc23)C1. The number of rotatable bonds is 3. The van der Waals surface area contributed by atoms with E-state index >= 15 is 0 Å². The molecule has 0 saturated heterocycles. The Balaban J connectivity index is 1.73. The van der Waals surface area contributed by atoms with Gasteiger partial charge < -0.3 is 10.6 Å². The van der Waals surface area contributed by atoms with Gasteiger partial charge in [-0.1, -0.05) is 57.2 Å². The van der Waals surface area contributed by atoms with Gasteiger partial charge in [-0.2, -0.15) is 13.2 Å². The Morgan fingerprint density at radius 3 is 2.39 bits per heavy atom. The molecule has 8 heteroatoms. The highest BCUT2D eigenvalue weighted by Gasteiger charge is 2.41. The zero-order valence-electron chi connectivity index (χ0n) is 18.6. The molecule has 1 aromatic heterocycles. The maximum atomic E-state index is 13.4. The summed E-state index contributed by atoms with van der Waals surface area (Å²) in [6, 6.07) is 13.0. The van der Waals surface area contributed by atoms with Crippen molar-refractivity contribution in [1.82, 2.24) is 0 Å². The number of nitrogens with one attached hydrogen (secondary N) is 2. The molecule has 4 nitrogen and oxygen atoms in total. The highest BCUT2D eigenvalue weighted by atomic mass is 32.1. The van der Waals surface area contributed by atoms with Gasteiger partial charge in [-0.05, 0) is 47.6 Å². The van der Waals surface area contributed by atoms with E-state index in [4.69, 9.17) is 0 Å². The molecule has 0 spiro atoms. The van der Waals surface area contributed by atoms with Gasteiger partial charge in [0.05, 0.1) is 5.56 Å². The molecule has 0 fully saturated rings. The number of alkyl halides is 3. The Kier molecular flexibility index (Phi) is 5.99. The number of fused-ring (bicyclic) bond motifs is 2. The number of hydrogen-bond acceptors (Lipinski definition) is 3. The van der Waals surface area contributed by atoms with E-state index in [1.54, 1.807) is 12.1 Å². The van der Waals surface area contributed by atoms with Crippen LogP contribution in [0.25, 0.3) is 10.8 Å².